The topological polar surface area (TPSA) is 52.1 Å². The second-order valence-electron chi connectivity index (χ2n) is 13.5. The van der Waals surface area contributed by atoms with Crippen molar-refractivity contribution in [1.29, 1.82) is 0 Å². The van der Waals surface area contributed by atoms with Crippen molar-refractivity contribution in [2.45, 2.75) is 78.1 Å². The van der Waals surface area contributed by atoms with E-state index < -0.39 is 0 Å². The Labute approximate surface area is 260 Å². The molecule has 0 unspecified atom stereocenters. The predicted octanol–water partition coefficient (Wildman–Crippen LogP) is 11.6. The molecule has 0 fully saturated rings. The third-order valence-corrected chi connectivity index (χ3v) is 8.59. The van der Waals surface area contributed by atoms with E-state index in [0.717, 1.165) is 45.3 Å². The molecule has 0 saturated carbocycles. The Kier molecular flexibility index (Phi) is 8.02. The van der Waals surface area contributed by atoms with Crippen LogP contribution in [0.4, 0.5) is 0 Å². The first-order chi connectivity index (χ1) is 21.1. The summed E-state index contributed by atoms with van der Waals surface area (Å²) in [6.45, 7) is 13.5. The van der Waals surface area contributed by atoms with E-state index in [-0.39, 0.29) is 10.8 Å². The molecule has 44 heavy (non-hydrogen) atoms. The Morgan fingerprint density at radius 3 is 2.07 bits per heavy atom. The van der Waals surface area contributed by atoms with E-state index in [1.807, 2.05) is 24.3 Å². The highest BCUT2D eigenvalue weighted by Gasteiger charge is 2.30. The van der Waals surface area contributed by atoms with Crippen molar-refractivity contribution in [2.24, 2.45) is 0 Å². The Balaban J connectivity index is 1.43. The van der Waals surface area contributed by atoms with Gasteiger partial charge in [0.1, 0.15) is 11.0 Å². The van der Waals surface area contributed by atoms with Crippen LogP contribution in [0.2, 0.25) is 0 Å². The number of hydrogen-bond acceptors (Lipinski definition) is 4. The molecule has 0 radical (unpaired) electrons. The highest BCUT2D eigenvalue weighted by atomic mass is 16.4. The molecule has 2 aromatic heterocycles. The van der Waals surface area contributed by atoms with Gasteiger partial charge in [-0.15, -0.1) is 0 Å². The molecule has 0 bridgehead atoms. The van der Waals surface area contributed by atoms with Gasteiger partial charge in [0, 0.05) is 5.56 Å². The monoisotopic (exact) mass is 582 g/mol. The van der Waals surface area contributed by atoms with E-state index in [1.54, 1.807) is 0 Å². The molecule has 0 N–H and O–H groups in total. The molecule has 4 aromatic carbocycles. The molecular formula is C40H42N2O2. The van der Waals surface area contributed by atoms with Gasteiger partial charge < -0.3 is 8.83 Å². The molecule has 0 atom stereocenters. The van der Waals surface area contributed by atoms with Crippen LogP contribution >= 0.6 is 0 Å². The van der Waals surface area contributed by atoms with Crippen LogP contribution in [0, 0.1) is 0 Å². The summed E-state index contributed by atoms with van der Waals surface area (Å²) in [5.74, 6) is 1.18. The third kappa shape index (κ3) is 6.12. The van der Waals surface area contributed by atoms with Crippen molar-refractivity contribution < 1.29 is 8.83 Å². The second-order valence-corrected chi connectivity index (χ2v) is 13.5. The van der Waals surface area contributed by atoms with Crippen molar-refractivity contribution >= 4 is 34.4 Å². The van der Waals surface area contributed by atoms with Crippen molar-refractivity contribution in [3.8, 4) is 22.9 Å². The fourth-order valence-corrected chi connectivity index (χ4v) is 5.84. The summed E-state index contributed by atoms with van der Waals surface area (Å²) in [4.78, 5) is 10.2. The lowest BCUT2D eigenvalue weighted by Crippen LogP contribution is -2.18. The van der Waals surface area contributed by atoms with Crippen LogP contribution in [0.1, 0.15) is 89.5 Å². The number of unbranched alkanes of at least 4 members (excludes halogenated alkanes) is 2. The van der Waals surface area contributed by atoms with Gasteiger partial charge in [-0.3, -0.25) is 0 Å². The summed E-state index contributed by atoms with van der Waals surface area (Å²) >= 11 is 0. The summed E-state index contributed by atoms with van der Waals surface area (Å²) in [6.07, 6.45) is 8.87. The van der Waals surface area contributed by atoms with Crippen LogP contribution in [0.25, 0.3) is 57.3 Å². The van der Waals surface area contributed by atoms with Gasteiger partial charge in [0.2, 0.25) is 11.8 Å². The van der Waals surface area contributed by atoms with Crippen molar-refractivity contribution in [2.75, 3.05) is 0 Å². The number of benzene rings is 4. The number of aromatic nitrogens is 2. The normalized spacial score (nSPS) is 12.6. The van der Waals surface area contributed by atoms with Crippen LogP contribution in [0.5, 0.6) is 0 Å². The van der Waals surface area contributed by atoms with E-state index >= 15 is 0 Å². The lowest BCUT2D eigenvalue weighted by Gasteiger charge is -2.27. The van der Waals surface area contributed by atoms with Gasteiger partial charge in [-0.05, 0) is 69.8 Å². The summed E-state index contributed by atoms with van der Waals surface area (Å²) in [5, 5.41) is 0. The molecular weight excluding hydrogens is 540 g/mol. The zero-order valence-corrected chi connectivity index (χ0v) is 26.8. The molecule has 4 nitrogen and oxygen atoms in total. The van der Waals surface area contributed by atoms with Crippen LogP contribution in [0.15, 0.2) is 93.8 Å². The lowest BCUT2D eigenvalue weighted by molar-refractivity contribution is 0.450. The third-order valence-electron chi connectivity index (χ3n) is 8.59. The van der Waals surface area contributed by atoms with Gasteiger partial charge in [-0.2, -0.15) is 0 Å². The van der Waals surface area contributed by atoms with Gasteiger partial charge >= 0.3 is 0 Å². The minimum absolute atomic E-state index is 0.0215. The second kappa shape index (κ2) is 11.9. The van der Waals surface area contributed by atoms with Gasteiger partial charge in [0.25, 0.3) is 0 Å². The van der Waals surface area contributed by atoms with Crippen molar-refractivity contribution in [3.63, 3.8) is 0 Å². The Morgan fingerprint density at radius 1 is 0.682 bits per heavy atom. The maximum absolute atomic E-state index is 6.49. The Hall–Kier alpha value is -4.44. The largest absolute Gasteiger partial charge is 0.436 e. The van der Waals surface area contributed by atoms with Crippen LogP contribution in [0.3, 0.4) is 0 Å². The van der Waals surface area contributed by atoms with E-state index in [1.165, 1.54) is 36.0 Å². The summed E-state index contributed by atoms with van der Waals surface area (Å²) in [6, 6.07) is 29.2. The molecule has 6 rings (SSSR count). The predicted molar refractivity (Wildman–Crippen MR) is 184 cm³/mol. The minimum atomic E-state index is -0.0955. The minimum Gasteiger partial charge on any atom is -0.436 e. The first-order valence-electron chi connectivity index (χ1n) is 15.8. The summed E-state index contributed by atoms with van der Waals surface area (Å²) in [7, 11) is 0. The average Bonchev–Trinajstić information content (AvgIpc) is 3.64. The lowest BCUT2D eigenvalue weighted by atomic mass is 9.77. The van der Waals surface area contributed by atoms with Crippen molar-refractivity contribution in [1.82, 2.24) is 9.97 Å². The number of fused-ring (bicyclic) bond motifs is 2. The zero-order valence-electron chi connectivity index (χ0n) is 26.8. The van der Waals surface area contributed by atoms with E-state index in [9.17, 15) is 0 Å². The quantitative estimate of drug-likeness (QED) is 0.126. The van der Waals surface area contributed by atoms with E-state index in [4.69, 9.17) is 18.8 Å². The molecule has 0 aliphatic heterocycles. The van der Waals surface area contributed by atoms with Crippen molar-refractivity contribution in [3.05, 3.63) is 107 Å². The Morgan fingerprint density at radius 2 is 1.36 bits per heavy atom. The standard InChI is InChI=1S/C40H42N2O2/c1-7-8-12-25-40(5,6)31-22-24-34-36(35(31)38-41-32-26-30(39(2,3)4)21-23-33(32)43-38)42-37(44-34)29-19-17-28(18-20-29)16-15-27-13-10-9-11-14-27/h9-11,13-24,26H,7-8,12,25H2,1-6H3/b16-15+. The highest BCUT2D eigenvalue weighted by Crippen LogP contribution is 2.42. The highest BCUT2D eigenvalue weighted by molar-refractivity contribution is 5.94. The number of rotatable bonds is 9. The fraction of sp³-hybridized carbons (Fsp3) is 0.300. The van der Waals surface area contributed by atoms with E-state index in [2.05, 4.69) is 114 Å². The van der Waals surface area contributed by atoms with E-state index in [0.29, 0.717) is 11.8 Å². The molecule has 224 valence electrons. The van der Waals surface area contributed by atoms with Gasteiger partial charge in [-0.1, -0.05) is 128 Å². The zero-order chi connectivity index (χ0) is 30.9. The molecule has 0 saturated heterocycles. The van der Waals surface area contributed by atoms with Gasteiger partial charge in [-0.25, -0.2) is 9.97 Å². The van der Waals surface area contributed by atoms with Gasteiger partial charge in [0.05, 0.1) is 5.56 Å². The molecule has 6 aromatic rings. The number of oxazole rings is 2. The smallest absolute Gasteiger partial charge is 0.229 e. The number of nitrogens with zero attached hydrogens (tertiary/aromatic N) is 2. The molecule has 0 spiro atoms. The first kappa shape index (κ1) is 29.6. The SMILES string of the molecule is CCCCCC(C)(C)c1ccc2oc(-c3ccc(/C=C/c4ccccc4)cc3)nc2c1-c1nc2cc(C(C)(C)C)ccc2o1. The summed E-state index contributed by atoms with van der Waals surface area (Å²) < 4.78 is 12.9. The fourth-order valence-electron chi connectivity index (χ4n) is 5.84. The molecule has 4 heteroatoms. The molecule has 2 heterocycles. The summed E-state index contributed by atoms with van der Waals surface area (Å²) in [5.41, 5.74) is 9.65. The Bertz CT molecular complexity index is 1920. The van der Waals surface area contributed by atoms with Crippen LogP contribution in [-0.4, -0.2) is 9.97 Å². The van der Waals surface area contributed by atoms with Gasteiger partial charge in [0.15, 0.2) is 11.2 Å². The average molecular weight is 583 g/mol. The molecule has 0 aliphatic rings. The molecule has 0 amide bonds. The van der Waals surface area contributed by atoms with Crippen LogP contribution < -0.4 is 0 Å². The maximum atomic E-state index is 6.49. The number of hydrogen-bond donors (Lipinski definition) is 0. The maximum Gasteiger partial charge on any atom is 0.229 e. The molecule has 0 aliphatic carbocycles. The van der Waals surface area contributed by atoms with Crippen LogP contribution in [-0.2, 0) is 10.8 Å². The first-order valence-corrected chi connectivity index (χ1v) is 15.8.